The molecule has 4 N–H and O–H groups in total. The summed E-state index contributed by atoms with van der Waals surface area (Å²) in [5.41, 5.74) is 5.59. The number of halogens is 2. The summed E-state index contributed by atoms with van der Waals surface area (Å²) in [6.45, 7) is -1.01. The van der Waals surface area contributed by atoms with Crippen molar-refractivity contribution < 1.29 is 13.9 Å². The van der Waals surface area contributed by atoms with Gasteiger partial charge in [-0.15, -0.1) is 0 Å². The van der Waals surface area contributed by atoms with Crippen LogP contribution in [0.25, 0.3) is 0 Å². The molecule has 0 radical (unpaired) electrons. The fourth-order valence-electron chi connectivity index (χ4n) is 2.09. The van der Waals surface area contributed by atoms with Gasteiger partial charge in [0.05, 0.1) is 6.54 Å². The Bertz CT molecular complexity index is 190. The first-order valence-electron chi connectivity index (χ1n) is 5.51. The molecule has 1 rings (SSSR count). The van der Waals surface area contributed by atoms with Gasteiger partial charge in [-0.25, -0.2) is 8.78 Å². The Hall–Kier alpha value is -0.260. The average Bonchev–Trinajstić information content (AvgIpc) is 2.27. The van der Waals surface area contributed by atoms with E-state index in [1.165, 1.54) is 0 Å². The molecule has 0 aliphatic heterocycles. The van der Waals surface area contributed by atoms with E-state index >= 15 is 0 Å². The number of nitrogens with one attached hydrogen (secondary N) is 1. The normalized spacial score (nSPS) is 28.0. The van der Waals surface area contributed by atoms with E-state index in [-0.39, 0.29) is 6.04 Å². The molecule has 0 spiro atoms. The standard InChI is InChI=1S/C10H20F2N2O/c11-10(12,7-15)6-14-9-4-2-1-3-8(9)5-13/h8-9,14-15H,1-7,13H2. The lowest BCUT2D eigenvalue weighted by Crippen LogP contribution is -2.47. The van der Waals surface area contributed by atoms with Gasteiger partial charge in [-0.05, 0) is 25.3 Å². The Labute approximate surface area is 89.0 Å². The Kier molecular flexibility index (Phi) is 4.89. The molecular formula is C10H20F2N2O. The zero-order valence-electron chi connectivity index (χ0n) is 8.88. The van der Waals surface area contributed by atoms with E-state index in [0.29, 0.717) is 12.5 Å². The highest BCUT2D eigenvalue weighted by Crippen LogP contribution is 2.24. The third-order valence-corrected chi connectivity index (χ3v) is 3.07. The molecule has 0 amide bonds. The highest BCUT2D eigenvalue weighted by molar-refractivity contribution is 4.83. The minimum absolute atomic E-state index is 0.0844. The predicted molar refractivity (Wildman–Crippen MR) is 54.8 cm³/mol. The Morgan fingerprint density at radius 2 is 2.00 bits per heavy atom. The first-order chi connectivity index (χ1) is 7.09. The van der Waals surface area contributed by atoms with E-state index in [2.05, 4.69) is 5.32 Å². The van der Waals surface area contributed by atoms with Crippen molar-refractivity contribution in [2.24, 2.45) is 11.7 Å². The second kappa shape index (κ2) is 5.72. The third kappa shape index (κ3) is 4.01. The van der Waals surface area contributed by atoms with Crippen LogP contribution in [0.2, 0.25) is 0 Å². The van der Waals surface area contributed by atoms with Crippen LogP contribution in [-0.2, 0) is 0 Å². The van der Waals surface area contributed by atoms with E-state index in [4.69, 9.17) is 10.8 Å². The molecule has 15 heavy (non-hydrogen) atoms. The van der Waals surface area contributed by atoms with Crippen molar-refractivity contribution in [3.8, 4) is 0 Å². The van der Waals surface area contributed by atoms with E-state index in [0.717, 1.165) is 25.7 Å². The molecule has 5 heteroatoms. The van der Waals surface area contributed by atoms with Gasteiger partial charge in [-0.2, -0.15) is 0 Å². The minimum Gasteiger partial charge on any atom is -0.390 e. The number of hydrogen-bond acceptors (Lipinski definition) is 3. The number of nitrogens with two attached hydrogens (primary N) is 1. The maximum Gasteiger partial charge on any atom is 0.282 e. The molecule has 0 aromatic carbocycles. The second-order valence-corrected chi connectivity index (χ2v) is 4.28. The van der Waals surface area contributed by atoms with Gasteiger partial charge in [0.2, 0.25) is 0 Å². The van der Waals surface area contributed by atoms with Crippen molar-refractivity contribution in [1.82, 2.24) is 5.32 Å². The topological polar surface area (TPSA) is 58.3 Å². The van der Waals surface area contributed by atoms with Crippen LogP contribution in [0, 0.1) is 5.92 Å². The molecule has 0 saturated heterocycles. The largest absolute Gasteiger partial charge is 0.390 e. The lowest BCUT2D eigenvalue weighted by atomic mass is 9.84. The number of rotatable bonds is 5. The Balaban J connectivity index is 2.35. The van der Waals surface area contributed by atoms with Crippen LogP contribution in [0.3, 0.4) is 0 Å². The number of aliphatic hydroxyl groups excluding tert-OH is 1. The van der Waals surface area contributed by atoms with E-state index in [1.807, 2.05) is 0 Å². The molecule has 0 bridgehead atoms. The van der Waals surface area contributed by atoms with Gasteiger partial charge < -0.3 is 16.2 Å². The van der Waals surface area contributed by atoms with Crippen molar-refractivity contribution in [1.29, 1.82) is 0 Å². The summed E-state index contributed by atoms with van der Waals surface area (Å²) in [5, 5.41) is 11.3. The smallest absolute Gasteiger partial charge is 0.282 e. The maximum atomic E-state index is 12.8. The second-order valence-electron chi connectivity index (χ2n) is 4.28. The molecule has 0 aromatic rings. The zero-order valence-corrected chi connectivity index (χ0v) is 8.88. The Morgan fingerprint density at radius 1 is 1.33 bits per heavy atom. The summed E-state index contributed by atoms with van der Waals surface area (Å²) in [5.74, 6) is -2.72. The van der Waals surface area contributed by atoms with E-state index in [1.54, 1.807) is 0 Å². The van der Waals surface area contributed by atoms with Crippen LogP contribution in [0.1, 0.15) is 25.7 Å². The van der Waals surface area contributed by atoms with Gasteiger partial charge in [-0.3, -0.25) is 0 Å². The number of aliphatic hydroxyl groups is 1. The predicted octanol–water partition coefficient (Wildman–Crippen LogP) is 0.721. The van der Waals surface area contributed by atoms with Gasteiger partial charge in [0.1, 0.15) is 6.61 Å². The fourth-order valence-corrected chi connectivity index (χ4v) is 2.09. The average molecular weight is 222 g/mol. The molecule has 1 aliphatic carbocycles. The summed E-state index contributed by atoms with van der Waals surface area (Å²) in [6.07, 6.45) is 4.12. The van der Waals surface area contributed by atoms with Gasteiger partial charge in [0.25, 0.3) is 5.92 Å². The van der Waals surface area contributed by atoms with Gasteiger partial charge >= 0.3 is 0 Å². The molecule has 0 heterocycles. The van der Waals surface area contributed by atoms with Crippen LogP contribution < -0.4 is 11.1 Å². The lowest BCUT2D eigenvalue weighted by molar-refractivity contribution is -0.0511. The molecule has 2 atom stereocenters. The lowest BCUT2D eigenvalue weighted by Gasteiger charge is -2.32. The van der Waals surface area contributed by atoms with Crippen LogP contribution in [0.5, 0.6) is 0 Å². The van der Waals surface area contributed by atoms with E-state index in [9.17, 15) is 8.78 Å². The van der Waals surface area contributed by atoms with Crippen molar-refractivity contribution in [3.05, 3.63) is 0 Å². The summed E-state index contributed by atoms with van der Waals surface area (Å²) in [6, 6.07) is 0.0844. The molecule has 2 unspecified atom stereocenters. The Morgan fingerprint density at radius 3 is 2.60 bits per heavy atom. The first kappa shape index (κ1) is 12.8. The van der Waals surface area contributed by atoms with Crippen molar-refractivity contribution in [2.45, 2.75) is 37.6 Å². The SMILES string of the molecule is NCC1CCCCC1NCC(F)(F)CO. The molecule has 90 valence electrons. The van der Waals surface area contributed by atoms with Crippen molar-refractivity contribution in [2.75, 3.05) is 19.7 Å². The first-order valence-corrected chi connectivity index (χ1v) is 5.51. The van der Waals surface area contributed by atoms with Crippen LogP contribution in [-0.4, -0.2) is 36.8 Å². The van der Waals surface area contributed by atoms with Crippen molar-refractivity contribution in [3.63, 3.8) is 0 Å². The highest BCUT2D eigenvalue weighted by atomic mass is 19.3. The number of hydrogen-bond donors (Lipinski definition) is 3. The van der Waals surface area contributed by atoms with Gasteiger partial charge in [-0.1, -0.05) is 12.8 Å². The molecule has 1 saturated carbocycles. The quantitative estimate of drug-likeness (QED) is 0.642. The summed E-state index contributed by atoms with van der Waals surface area (Å²) in [7, 11) is 0. The zero-order chi connectivity index (χ0) is 11.3. The fraction of sp³-hybridized carbons (Fsp3) is 1.00. The monoisotopic (exact) mass is 222 g/mol. The van der Waals surface area contributed by atoms with Gasteiger partial charge in [0.15, 0.2) is 0 Å². The third-order valence-electron chi connectivity index (χ3n) is 3.07. The van der Waals surface area contributed by atoms with Gasteiger partial charge in [0, 0.05) is 6.04 Å². The molecule has 3 nitrogen and oxygen atoms in total. The molecular weight excluding hydrogens is 202 g/mol. The van der Waals surface area contributed by atoms with Crippen molar-refractivity contribution >= 4 is 0 Å². The number of alkyl halides is 2. The van der Waals surface area contributed by atoms with E-state index < -0.39 is 19.1 Å². The van der Waals surface area contributed by atoms with Crippen LogP contribution >= 0.6 is 0 Å². The highest BCUT2D eigenvalue weighted by Gasteiger charge is 2.31. The summed E-state index contributed by atoms with van der Waals surface area (Å²) >= 11 is 0. The minimum atomic E-state index is -3.02. The maximum absolute atomic E-state index is 12.8. The molecule has 0 aromatic heterocycles. The molecule has 1 fully saturated rings. The summed E-state index contributed by atoms with van der Waals surface area (Å²) < 4.78 is 25.6. The summed E-state index contributed by atoms with van der Waals surface area (Å²) in [4.78, 5) is 0. The molecule has 1 aliphatic rings. The van der Waals surface area contributed by atoms with Crippen LogP contribution in [0.15, 0.2) is 0 Å². The van der Waals surface area contributed by atoms with Crippen LogP contribution in [0.4, 0.5) is 8.78 Å².